The highest BCUT2D eigenvalue weighted by molar-refractivity contribution is 5.96. The number of anilines is 1. The number of benzene rings is 1. The van der Waals surface area contributed by atoms with E-state index in [-0.39, 0.29) is 23.8 Å². The lowest BCUT2D eigenvalue weighted by Gasteiger charge is -2.21. The van der Waals surface area contributed by atoms with Crippen LogP contribution >= 0.6 is 0 Å². The highest BCUT2D eigenvalue weighted by Gasteiger charge is 2.17. The van der Waals surface area contributed by atoms with E-state index in [0.717, 1.165) is 0 Å². The molecule has 1 aromatic rings. The molecule has 19 heavy (non-hydrogen) atoms. The Morgan fingerprint density at radius 2 is 2.00 bits per heavy atom. The fourth-order valence-corrected chi connectivity index (χ4v) is 1.37. The smallest absolute Gasteiger partial charge is 0.319 e. The van der Waals surface area contributed by atoms with Crippen molar-refractivity contribution in [2.24, 2.45) is 5.41 Å². The summed E-state index contributed by atoms with van der Waals surface area (Å²) in [5.41, 5.74) is 0.749. The number of nitrogens with one attached hydrogen (secondary N) is 2. The first kappa shape index (κ1) is 15.2. The number of aliphatic hydroxyl groups is 1. The Morgan fingerprint density at radius 3 is 2.58 bits per heavy atom. The Morgan fingerprint density at radius 1 is 1.32 bits per heavy atom. The maximum atomic E-state index is 11.7. The van der Waals surface area contributed by atoms with Crippen LogP contribution in [-0.2, 0) is 0 Å². The molecule has 104 valence electrons. The minimum Gasteiger partial charge on any atom is -0.396 e. The van der Waals surface area contributed by atoms with Gasteiger partial charge in [-0.05, 0) is 19.1 Å². The number of rotatable bonds is 5. The fraction of sp³-hybridized carbons (Fsp3) is 0.429. The number of carbonyl (C=O) groups is 2. The van der Waals surface area contributed by atoms with Gasteiger partial charge >= 0.3 is 6.03 Å². The van der Waals surface area contributed by atoms with Crippen molar-refractivity contribution >= 4 is 17.5 Å². The Labute approximate surface area is 113 Å². The third kappa shape index (κ3) is 5.09. The van der Waals surface area contributed by atoms with Crippen molar-refractivity contribution in [2.75, 3.05) is 18.5 Å². The maximum absolute atomic E-state index is 11.7. The molecule has 0 fully saturated rings. The summed E-state index contributed by atoms with van der Waals surface area (Å²) in [6.45, 7) is 5.53. The molecule has 0 aromatic heterocycles. The number of hydrogen-bond donors (Lipinski definition) is 3. The summed E-state index contributed by atoms with van der Waals surface area (Å²) >= 11 is 0. The quantitative estimate of drug-likeness (QED) is 0.712. The summed E-state index contributed by atoms with van der Waals surface area (Å²) in [6.07, 6.45) is 0. The van der Waals surface area contributed by atoms with E-state index in [1.165, 1.54) is 6.92 Å². The zero-order valence-electron chi connectivity index (χ0n) is 11.5. The molecule has 0 saturated heterocycles. The van der Waals surface area contributed by atoms with E-state index >= 15 is 0 Å². The minimum absolute atomic E-state index is 0.00684. The predicted molar refractivity (Wildman–Crippen MR) is 74.3 cm³/mol. The molecule has 0 atom stereocenters. The summed E-state index contributed by atoms with van der Waals surface area (Å²) in [5, 5.41) is 14.4. The second-order valence-electron chi connectivity index (χ2n) is 5.27. The van der Waals surface area contributed by atoms with E-state index in [2.05, 4.69) is 10.6 Å². The van der Waals surface area contributed by atoms with Crippen molar-refractivity contribution in [3.63, 3.8) is 0 Å². The van der Waals surface area contributed by atoms with Gasteiger partial charge in [-0.15, -0.1) is 0 Å². The van der Waals surface area contributed by atoms with Crippen LogP contribution in [0, 0.1) is 5.41 Å². The first-order valence-electron chi connectivity index (χ1n) is 6.11. The average molecular weight is 264 g/mol. The summed E-state index contributed by atoms with van der Waals surface area (Å²) in [5.74, 6) is -0.0505. The van der Waals surface area contributed by atoms with Gasteiger partial charge in [-0.3, -0.25) is 4.79 Å². The largest absolute Gasteiger partial charge is 0.396 e. The van der Waals surface area contributed by atoms with E-state index in [4.69, 9.17) is 5.11 Å². The molecule has 0 unspecified atom stereocenters. The number of urea groups is 1. The van der Waals surface area contributed by atoms with Crippen molar-refractivity contribution in [1.29, 1.82) is 0 Å². The van der Waals surface area contributed by atoms with Crippen molar-refractivity contribution < 1.29 is 14.7 Å². The molecule has 0 saturated carbocycles. The SMILES string of the molecule is CC(=O)c1cccc(NC(=O)NCC(C)(C)CO)c1. The van der Waals surface area contributed by atoms with Gasteiger partial charge in [0.15, 0.2) is 5.78 Å². The second-order valence-corrected chi connectivity index (χ2v) is 5.27. The first-order valence-corrected chi connectivity index (χ1v) is 6.11. The van der Waals surface area contributed by atoms with E-state index < -0.39 is 0 Å². The number of ketones is 1. The van der Waals surface area contributed by atoms with Gasteiger partial charge in [0.1, 0.15) is 0 Å². The summed E-state index contributed by atoms with van der Waals surface area (Å²) in [7, 11) is 0. The normalized spacial score (nSPS) is 10.9. The third-order valence-electron chi connectivity index (χ3n) is 2.68. The molecule has 2 amide bonds. The molecule has 0 aliphatic carbocycles. The molecule has 0 heterocycles. The van der Waals surface area contributed by atoms with Crippen LogP contribution in [0.25, 0.3) is 0 Å². The standard InChI is InChI=1S/C14H20N2O3/c1-10(18)11-5-4-6-12(7-11)16-13(19)15-8-14(2,3)9-17/h4-7,17H,8-9H2,1-3H3,(H2,15,16,19). The van der Waals surface area contributed by atoms with Crippen LogP contribution in [0.3, 0.4) is 0 Å². The van der Waals surface area contributed by atoms with E-state index in [1.54, 1.807) is 24.3 Å². The van der Waals surface area contributed by atoms with Gasteiger partial charge in [-0.2, -0.15) is 0 Å². The van der Waals surface area contributed by atoms with E-state index in [9.17, 15) is 9.59 Å². The Hall–Kier alpha value is -1.88. The van der Waals surface area contributed by atoms with Gasteiger partial charge in [-0.25, -0.2) is 4.79 Å². The first-order chi connectivity index (χ1) is 8.84. The van der Waals surface area contributed by atoms with E-state index in [1.807, 2.05) is 13.8 Å². The number of hydrogen-bond acceptors (Lipinski definition) is 3. The van der Waals surface area contributed by atoms with Crippen LogP contribution < -0.4 is 10.6 Å². The van der Waals surface area contributed by atoms with E-state index in [0.29, 0.717) is 17.8 Å². The Balaban J connectivity index is 2.58. The lowest BCUT2D eigenvalue weighted by atomic mass is 9.95. The molecule has 5 heteroatoms. The van der Waals surface area contributed by atoms with Crippen molar-refractivity contribution in [3.05, 3.63) is 29.8 Å². The zero-order chi connectivity index (χ0) is 14.5. The Kier molecular flexibility index (Phi) is 5.06. The van der Waals surface area contributed by atoms with Crippen molar-refractivity contribution in [3.8, 4) is 0 Å². The van der Waals surface area contributed by atoms with Crippen LogP contribution in [0.4, 0.5) is 10.5 Å². The van der Waals surface area contributed by atoms with Gasteiger partial charge in [-0.1, -0.05) is 26.0 Å². The molecular weight excluding hydrogens is 244 g/mol. The van der Waals surface area contributed by atoms with Gasteiger partial charge in [0, 0.05) is 29.8 Å². The second kappa shape index (κ2) is 6.33. The molecule has 0 bridgehead atoms. The van der Waals surface area contributed by atoms with Crippen molar-refractivity contribution in [2.45, 2.75) is 20.8 Å². The lowest BCUT2D eigenvalue weighted by Crippen LogP contribution is -2.38. The molecule has 0 spiro atoms. The van der Waals surface area contributed by atoms with Crippen molar-refractivity contribution in [1.82, 2.24) is 5.32 Å². The number of aliphatic hydroxyl groups excluding tert-OH is 1. The lowest BCUT2D eigenvalue weighted by molar-refractivity contribution is 0.101. The topological polar surface area (TPSA) is 78.4 Å². The summed E-state index contributed by atoms with van der Waals surface area (Å²) in [4.78, 5) is 22.9. The average Bonchev–Trinajstić information content (AvgIpc) is 2.37. The maximum Gasteiger partial charge on any atom is 0.319 e. The number of amides is 2. The van der Waals surface area contributed by atoms with Crippen LogP contribution in [0.15, 0.2) is 24.3 Å². The molecule has 5 nitrogen and oxygen atoms in total. The van der Waals surface area contributed by atoms with Crippen LogP contribution in [0.1, 0.15) is 31.1 Å². The monoisotopic (exact) mass is 264 g/mol. The molecule has 0 aliphatic heterocycles. The molecule has 3 N–H and O–H groups in total. The number of carbonyl (C=O) groups excluding carboxylic acids is 2. The fourth-order valence-electron chi connectivity index (χ4n) is 1.37. The van der Waals surface area contributed by atoms with Crippen LogP contribution in [0.5, 0.6) is 0 Å². The molecule has 1 aromatic carbocycles. The van der Waals surface area contributed by atoms with Crippen LogP contribution in [-0.4, -0.2) is 30.1 Å². The molecular formula is C14H20N2O3. The minimum atomic E-state index is -0.363. The highest BCUT2D eigenvalue weighted by Crippen LogP contribution is 2.13. The predicted octanol–water partition coefficient (Wildman–Crippen LogP) is 2.03. The summed E-state index contributed by atoms with van der Waals surface area (Å²) in [6, 6.07) is 6.38. The molecule has 0 radical (unpaired) electrons. The van der Waals surface area contributed by atoms with Crippen LogP contribution in [0.2, 0.25) is 0 Å². The van der Waals surface area contributed by atoms with Gasteiger partial charge < -0.3 is 15.7 Å². The van der Waals surface area contributed by atoms with Gasteiger partial charge in [0.25, 0.3) is 0 Å². The summed E-state index contributed by atoms with van der Waals surface area (Å²) < 4.78 is 0. The van der Waals surface area contributed by atoms with Gasteiger partial charge in [0.2, 0.25) is 0 Å². The zero-order valence-corrected chi connectivity index (χ0v) is 11.5. The molecule has 1 rings (SSSR count). The third-order valence-corrected chi connectivity index (χ3v) is 2.68. The highest BCUT2D eigenvalue weighted by atomic mass is 16.3. The number of Topliss-reactive ketones (excluding diaryl/α,β-unsaturated/α-hetero) is 1. The Bertz CT molecular complexity index is 470. The molecule has 0 aliphatic rings. The van der Waals surface area contributed by atoms with Gasteiger partial charge in [0.05, 0.1) is 0 Å².